The smallest absolute Gasteiger partial charge is 0.199 e. The summed E-state index contributed by atoms with van der Waals surface area (Å²) in [7, 11) is 0. The molecule has 6 heteroatoms. The van der Waals surface area contributed by atoms with E-state index in [0.717, 1.165) is 29.0 Å². The van der Waals surface area contributed by atoms with Crippen LogP contribution in [0.4, 0.5) is 5.13 Å². The molecular weight excluding hydrogens is 332 g/mol. The lowest BCUT2D eigenvalue weighted by atomic mass is 9.62. The summed E-state index contributed by atoms with van der Waals surface area (Å²) in [6.07, 6.45) is 9.32. The molecule has 0 radical (unpaired) electrons. The summed E-state index contributed by atoms with van der Waals surface area (Å²) in [5, 5.41) is 2.94. The molecule has 4 saturated carbocycles. The number of aromatic nitrogens is 1. The first-order valence-electron chi connectivity index (χ1n) is 9.66. The number of fused-ring (bicyclic) bond motifs is 3. The van der Waals surface area contributed by atoms with Crippen molar-refractivity contribution in [1.82, 2.24) is 15.7 Å². The van der Waals surface area contributed by atoms with Crippen molar-refractivity contribution in [3.63, 3.8) is 0 Å². The second kappa shape index (κ2) is 5.39. The topological polar surface area (TPSA) is 49.4 Å². The van der Waals surface area contributed by atoms with Crippen molar-refractivity contribution >= 4 is 26.7 Å². The highest BCUT2D eigenvalue weighted by Gasteiger charge is 2.53. The molecule has 7 rings (SSSR count). The summed E-state index contributed by atoms with van der Waals surface area (Å²) in [5.74, 6) is 2.35. The molecule has 2 bridgehead atoms. The van der Waals surface area contributed by atoms with E-state index in [2.05, 4.69) is 29.2 Å². The zero-order valence-corrected chi connectivity index (χ0v) is 15.1. The van der Waals surface area contributed by atoms with Crippen molar-refractivity contribution in [1.29, 1.82) is 0 Å². The van der Waals surface area contributed by atoms with Crippen molar-refractivity contribution in [2.45, 2.75) is 56.5 Å². The van der Waals surface area contributed by atoms with Gasteiger partial charge < -0.3 is 0 Å². The molecule has 132 valence electrons. The summed E-state index contributed by atoms with van der Waals surface area (Å²) in [5.41, 5.74) is 9.12. The van der Waals surface area contributed by atoms with Crippen LogP contribution in [0.1, 0.15) is 56.4 Å². The molecule has 4 aliphatic carbocycles. The van der Waals surface area contributed by atoms with Crippen LogP contribution in [-0.4, -0.2) is 22.2 Å². The summed E-state index contributed by atoms with van der Waals surface area (Å²) in [6, 6.07) is 6.74. The summed E-state index contributed by atoms with van der Waals surface area (Å²) >= 11 is 1.73. The Balaban J connectivity index is 1.20. The van der Waals surface area contributed by atoms with Gasteiger partial charge in [0.1, 0.15) is 5.60 Å². The number of thiazole rings is 1. The Hall–Kier alpha value is -1.21. The highest BCUT2D eigenvalue weighted by Crippen LogP contribution is 2.50. The predicted molar refractivity (Wildman–Crippen MR) is 98.9 cm³/mol. The lowest BCUT2D eigenvalue weighted by molar-refractivity contribution is -0.146. The predicted octanol–water partition coefficient (Wildman–Crippen LogP) is 4.20. The monoisotopic (exact) mass is 356 g/mol. The van der Waals surface area contributed by atoms with Gasteiger partial charge in [0.15, 0.2) is 5.13 Å². The van der Waals surface area contributed by atoms with E-state index in [9.17, 15) is 0 Å². The van der Waals surface area contributed by atoms with E-state index < -0.39 is 0 Å². The molecule has 25 heavy (non-hydrogen) atoms. The van der Waals surface area contributed by atoms with E-state index in [1.807, 2.05) is 5.12 Å². The highest BCUT2D eigenvalue weighted by molar-refractivity contribution is 7.22. The fourth-order valence-electron chi connectivity index (χ4n) is 5.18. The normalized spacial score (nSPS) is 35.0. The van der Waals surface area contributed by atoms with Gasteiger partial charge in [-0.1, -0.05) is 17.4 Å². The molecule has 1 spiro atoms. The molecule has 5 nitrogen and oxygen atoms in total. The number of hydrazine groups is 2. The summed E-state index contributed by atoms with van der Waals surface area (Å²) < 4.78 is 1.28. The number of anilines is 1. The third-order valence-corrected chi connectivity index (χ3v) is 7.62. The largest absolute Gasteiger partial charge is 0.279 e. The molecule has 2 N–H and O–H groups in total. The Morgan fingerprint density at radius 3 is 2.84 bits per heavy atom. The number of rotatable bonds is 3. The van der Waals surface area contributed by atoms with Crippen LogP contribution in [0.5, 0.6) is 0 Å². The zero-order chi connectivity index (χ0) is 16.4. The molecule has 1 aromatic heterocycles. The molecular formula is C19H24N4OS. The molecule has 0 amide bonds. The van der Waals surface area contributed by atoms with Crippen LogP contribution >= 0.6 is 11.3 Å². The van der Waals surface area contributed by atoms with Gasteiger partial charge in [-0.2, -0.15) is 0 Å². The zero-order valence-electron chi connectivity index (χ0n) is 14.3. The standard InChI is InChI=1S/C19H24N4OS/c1-6-15-7-2-12(1)10-19(15)11-23(22-24-19)21-18-20-16-8-5-14(13-3-4-13)9-17(16)25-18/h5,8-9,12-13,15,22H,1-4,6-7,10-11H2,(H,20,21). The molecule has 1 aromatic carbocycles. The molecule has 1 aliphatic heterocycles. The third-order valence-electron chi connectivity index (χ3n) is 6.70. The van der Waals surface area contributed by atoms with Crippen molar-refractivity contribution in [2.24, 2.45) is 11.8 Å². The molecule has 1 saturated heterocycles. The first-order valence-corrected chi connectivity index (χ1v) is 10.5. The van der Waals surface area contributed by atoms with Crippen molar-refractivity contribution in [2.75, 3.05) is 12.0 Å². The average Bonchev–Trinajstić information content (AvgIpc) is 3.31. The van der Waals surface area contributed by atoms with Crippen LogP contribution in [0.15, 0.2) is 18.2 Å². The first kappa shape index (κ1) is 14.9. The Morgan fingerprint density at radius 2 is 2.08 bits per heavy atom. The van der Waals surface area contributed by atoms with E-state index in [-0.39, 0.29) is 5.60 Å². The van der Waals surface area contributed by atoms with Crippen LogP contribution in [-0.2, 0) is 4.84 Å². The van der Waals surface area contributed by atoms with Gasteiger partial charge >= 0.3 is 0 Å². The lowest BCUT2D eigenvalue weighted by Crippen LogP contribution is -2.50. The van der Waals surface area contributed by atoms with E-state index in [1.54, 1.807) is 11.3 Å². The first-order chi connectivity index (χ1) is 12.3. The van der Waals surface area contributed by atoms with Crippen LogP contribution in [0.3, 0.4) is 0 Å². The second-order valence-corrected chi connectivity index (χ2v) is 9.43. The minimum atomic E-state index is 0.00396. The number of hydrogen-bond acceptors (Lipinski definition) is 6. The van der Waals surface area contributed by atoms with Gasteiger partial charge in [-0.25, -0.2) is 4.98 Å². The summed E-state index contributed by atoms with van der Waals surface area (Å²) in [6.45, 7) is 0.900. The molecule has 1 unspecified atom stereocenters. The van der Waals surface area contributed by atoms with Gasteiger partial charge in [0.05, 0.1) is 16.8 Å². The number of nitrogens with one attached hydrogen (secondary N) is 2. The number of nitrogens with zero attached hydrogens (tertiary/aromatic N) is 2. The Kier molecular flexibility index (Phi) is 3.22. The van der Waals surface area contributed by atoms with Crippen molar-refractivity contribution in [3.8, 4) is 0 Å². The van der Waals surface area contributed by atoms with Gasteiger partial charge in [0.25, 0.3) is 0 Å². The Bertz CT molecular complexity index is 811. The van der Waals surface area contributed by atoms with Crippen LogP contribution < -0.4 is 11.0 Å². The molecule has 5 fully saturated rings. The maximum Gasteiger partial charge on any atom is 0.199 e. The average molecular weight is 356 g/mol. The van der Waals surface area contributed by atoms with Crippen molar-refractivity contribution in [3.05, 3.63) is 23.8 Å². The van der Waals surface area contributed by atoms with Gasteiger partial charge in [0.2, 0.25) is 0 Å². The van der Waals surface area contributed by atoms with E-state index in [4.69, 9.17) is 9.82 Å². The van der Waals surface area contributed by atoms with Gasteiger partial charge in [-0.15, -0.1) is 10.7 Å². The SMILES string of the molecule is c1cc2nc(NN3CC4(CC5CCC4CC5)ON3)sc2cc1C1CC1. The minimum Gasteiger partial charge on any atom is -0.279 e. The molecule has 1 atom stereocenters. The second-order valence-electron chi connectivity index (χ2n) is 8.40. The quantitative estimate of drug-likeness (QED) is 0.863. The van der Waals surface area contributed by atoms with Gasteiger partial charge in [0, 0.05) is 0 Å². The molecule has 2 heterocycles. The highest BCUT2D eigenvalue weighted by atomic mass is 32.1. The van der Waals surface area contributed by atoms with E-state index in [1.165, 1.54) is 55.2 Å². The lowest BCUT2D eigenvalue weighted by Gasteiger charge is -2.47. The van der Waals surface area contributed by atoms with Crippen molar-refractivity contribution < 1.29 is 4.84 Å². The number of hydrogen-bond donors (Lipinski definition) is 2. The fourth-order valence-corrected chi connectivity index (χ4v) is 6.10. The fraction of sp³-hybridized carbons (Fsp3) is 0.632. The molecule has 2 aromatic rings. The van der Waals surface area contributed by atoms with E-state index >= 15 is 0 Å². The third kappa shape index (κ3) is 2.50. The maximum atomic E-state index is 6.12. The minimum absolute atomic E-state index is 0.00396. The number of benzene rings is 1. The Labute approximate surface area is 151 Å². The van der Waals surface area contributed by atoms with Crippen LogP contribution in [0.2, 0.25) is 0 Å². The Morgan fingerprint density at radius 1 is 1.20 bits per heavy atom. The van der Waals surface area contributed by atoms with Crippen LogP contribution in [0, 0.1) is 11.8 Å². The maximum absolute atomic E-state index is 6.12. The summed E-state index contributed by atoms with van der Waals surface area (Å²) in [4.78, 5) is 10.9. The molecule has 5 aliphatic rings. The van der Waals surface area contributed by atoms with E-state index in [0.29, 0.717) is 5.92 Å². The van der Waals surface area contributed by atoms with Gasteiger partial charge in [-0.3, -0.25) is 10.3 Å². The van der Waals surface area contributed by atoms with Crippen LogP contribution in [0.25, 0.3) is 10.2 Å². The van der Waals surface area contributed by atoms with Gasteiger partial charge in [-0.05, 0) is 80.4 Å².